The molecular weight excluding hydrogens is 446 g/mol. The zero-order valence-corrected chi connectivity index (χ0v) is 20.8. The highest BCUT2D eigenvalue weighted by Gasteiger charge is 2.54. The Bertz CT molecular complexity index is 754. The van der Waals surface area contributed by atoms with Crippen molar-refractivity contribution in [3.8, 4) is 0 Å². The molecule has 2 aliphatic heterocycles. The van der Waals surface area contributed by atoms with E-state index in [0.717, 1.165) is 32.2 Å². The van der Waals surface area contributed by atoms with Crippen LogP contribution in [0.4, 0.5) is 0 Å². The number of hydroxylamine groups is 1. The average Bonchev–Trinajstić information content (AvgIpc) is 2.84. The lowest BCUT2D eigenvalue weighted by atomic mass is 9.89. The van der Waals surface area contributed by atoms with Gasteiger partial charge in [0.1, 0.15) is 0 Å². The van der Waals surface area contributed by atoms with Gasteiger partial charge in [0.05, 0.1) is 0 Å². The van der Waals surface area contributed by atoms with E-state index >= 15 is 0 Å². The van der Waals surface area contributed by atoms with Gasteiger partial charge in [0.2, 0.25) is 15.9 Å². The minimum atomic E-state index is -3.92. The third kappa shape index (κ3) is 6.26. The second kappa shape index (κ2) is 12.0. The molecule has 2 saturated heterocycles. The number of nitrogens with zero attached hydrogens (tertiary/aromatic N) is 2. The maximum atomic E-state index is 13.4. The van der Waals surface area contributed by atoms with E-state index < -0.39 is 20.7 Å². The van der Waals surface area contributed by atoms with Gasteiger partial charge in [0.25, 0.3) is 5.91 Å². The van der Waals surface area contributed by atoms with Gasteiger partial charge in [0, 0.05) is 59.2 Å². The molecule has 0 aromatic heterocycles. The van der Waals surface area contributed by atoms with Crippen LogP contribution in [0.2, 0.25) is 0 Å². The molecule has 9 nitrogen and oxygen atoms in total. The molecule has 2 heterocycles. The maximum Gasteiger partial charge on any atom is 0.266 e. The second-order valence-corrected chi connectivity index (χ2v) is 12.3. The van der Waals surface area contributed by atoms with Crippen LogP contribution in [0.15, 0.2) is 0 Å². The summed E-state index contributed by atoms with van der Waals surface area (Å²) in [4.78, 5) is 26.8. The van der Waals surface area contributed by atoms with Crippen LogP contribution < -0.4 is 5.48 Å². The van der Waals surface area contributed by atoms with Crippen molar-refractivity contribution in [2.45, 2.75) is 81.8 Å². The topological polar surface area (TPSA) is 116 Å². The first kappa shape index (κ1) is 26.4. The normalized spacial score (nSPS) is 23.2. The number of amides is 2. The molecule has 0 spiro atoms. The molecule has 10 heteroatoms. The van der Waals surface area contributed by atoms with E-state index in [2.05, 4.69) is 0 Å². The average molecular weight is 488 g/mol. The first-order chi connectivity index (χ1) is 15.8. The van der Waals surface area contributed by atoms with Crippen LogP contribution in [-0.4, -0.2) is 79.3 Å². The SMILES string of the molecule is CN(CC1CCCCC1)C(=O)CCCC1CCN(S(=O)(=O)C2(C(=O)NO)CCOCC2)CC1. The molecule has 2 amide bonds. The summed E-state index contributed by atoms with van der Waals surface area (Å²) in [5, 5.41) is 9.17. The third-order valence-corrected chi connectivity index (χ3v) is 10.5. The van der Waals surface area contributed by atoms with Crippen molar-refractivity contribution >= 4 is 21.8 Å². The minimum Gasteiger partial charge on any atom is -0.381 e. The fourth-order valence-electron chi connectivity index (χ4n) is 5.68. The number of rotatable bonds is 9. The van der Waals surface area contributed by atoms with Crippen molar-refractivity contribution in [2.75, 3.05) is 39.9 Å². The van der Waals surface area contributed by atoms with E-state index in [1.165, 1.54) is 36.4 Å². The lowest BCUT2D eigenvalue weighted by Crippen LogP contribution is -2.60. The number of carbonyl (C=O) groups is 2. The fraction of sp³-hybridized carbons (Fsp3) is 0.913. The van der Waals surface area contributed by atoms with Crippen LogP contribution in [0.1, 0.15) is 77.0 Å². The van der Waals surface area contributed by atoms with E-state index in [1.807, 2.05) is 11.9 Å². The number of hydrogen-bond donors (Lipinski definition) is 2. The molecule has 0 radical (unpaired) electrons. The second-order valence-electron chi connectivity index (χ2n) is 10.1. The van der Waals surface area contributed by atoms with Gasteiger partial charge in [-0.3, -0.25) is 14.8 Å². The largest absolute Gasteiger partial charge is 0.381 e. The van der Waals surface area contributed by atoms with Gasteiger partial charge in [-0.1, -0.05) is 19.3 Å². The highest BCUT2D eigenvalue weighted by atomic mass is 32.2. The summed E-state index contributed by atoms with van der Waals surface area (Å²) in [5.74, 6) is 0.358. The molecule has 3 fully saturated rings. The standard InChI is InChI=1S/C23H41N3O6S/c1-25(18-20-6-3-2-4-7-20)21(27)9-5-8-19-10-14-26(15-11-19)33(30,31)23(22(28)24-29)12-16-32-17-13-23/h19-20,29H,2-18H2,1H3,(H,24,28). The van der Waals surface area contributed by atoms with Crippen molar-refractivity contribution in [3.63, 3.8) is 0 Å². The highest BCUT2D eigenvalue weighted by Crippen LogP contribution is 2.35. The van der Waals surface area contributed by atoms with E-state index in [-0.39, 0.29) is 32.0 Å². The molecule has 33 heavy (non-hydrogen) atoms. The monoisotopic (exact) mass is 487 g/mol. The van der Waals surface area contributed by atoms with E-state index in [0.29, 0.717) is 31.3 Å². The van der Waals surface area contributed by atoms with Crippen LogP contribution in [0.5, 0.6) is 0 Å². The number of carbonyl (C=O) groups excluding carboxylic acids is 2. The quantitative estimate of drug-likeness (QED) is 0.381. The first-order valence-electron chi connectivity index (χ1n) is 12.6. The predicted molar refractivity (Wildman–Crippen MR) is 124 cm³/mol. The van der Waals surface area contributed by atoms with Gasteiger partial charge in [-0.2, -0.15) is 0 Å². The Kier molecular flexibility index (Phi) is 9.55. The molecule has 1 saturated carbocycles. The number of nitrogens with one attached hydrogen (secondary N) is 1. The van der Waals surface area contributed by atoms with Crippen molar-refractivity contribution in [3.05, 3.63) is 0 Å². The lowest BCUT2D eigenvalue weighted by Gasteiger charge is -2.40. The van der Waals surface area contributed by atoms with E-state index in [9.17, 15) is 23.2 Å². The van der Waals surface area contributed by atoms with Crippen LogP contribution >= 0.6 is 0 Å². The summed E-state index contributed by atoms with van der Waals surface area (Å²) in [6.07, 6.45) is 10.1. The Balaban J connectivity index is 1.43. The van der Waals surface area contributed by atoms with E-state index in [4.69, 9.17) is 4.74 Å². The van der Waals surface area contributed by atoms with Gasteiger partial charge in [-0.15, -0.1) is 0 Å². The molecule has 0 unspecified atom stereocenters. The first-order valence-corrected chi connectivity index (χ1v) is 14.0. The highest BCUT2D eigenvalue weighted by molar-refractivity contribution is 7.91. The summed E-state index contributed by atoms with van der Waals surface area (Å²) in [7, 11) is -2.01. The Morgan fingerprint density at radius 2 is 1.70 bits per heavy atom. The summed E-state index contributed by atoms with van der Waals surface area (Å²) < 4.78 is 31.7. The molecule has 3 rings (SSSR count). The number of piperidine rings is 1. The molecule has 0 aromatic carbocycles. The van der Waals surface area contributed by atoms with Crippen LogP contribution in [0.25, 0.3) is 0 Å². The van der Waals surface area contributed by atoms with Gasteiger partial charge in [-0.25, -0.2) is 18.2 Å². The minimum absolute atomic E-state index is 0.0398. The smallest absolute Gasteiger partial charge is 0.266 e. The summed E-state index contributed by atoms with van der Waals surface area (Å²) in [6, 6.07) is 0. The zero-order chi connectivity index (χ0) is 23.9. The summed E-state index contributed by atoms with van der Waals surface area (Å²) in [6.45, 7) is 1.94. The van der Waals surface area contributed by atoms with Gasteiger partial charge >= 0.3 is 0 Å². The Labute approximate surface area is 198 Å². The van der Waals surface area contributed by atoms with Crippen molar-refractivity contribution < 1.29 is 28.0 Å². The van der Waals surface area contributed by atoms with Gasteiger partial charge in [0.15, 0.2) is 4.75 Å². The Morgan fingerprint density at radius 1 is 1.06 bits per heavy atom. The summed E-state index contributed by atoms with van der Waals surface area (Å²) in [5.41, 5.74) is 1.57. The Hall–Kier alpha value is -1.23. The van der Waals surface area contributed by atoms with Gasteiger partial charge in [-0.05, 0) is 50.4 Å². The van der Waals surface area contributed by atoms with Crippen LogP contribution in [-0.2, 0) is 24.3 Å². The molecule has 1 aliphatic carbocycles. The number of hydrogen-bond acceptors (Lipinski definition) is 6. The van der Waals surface area contributed by atoms with E-state index in [1.54, 1.807) is 5.48 Å². The number of ether oxygens (including phenoxy) is 1. The third-order valence-electron chi connectivity index (χ3n) is 7.91. The molecule has 0 aromatic rings. The fourth-order valence-corrected chi connectivity index (χ4v) is 7.83. The van der Waals surface area contributed by atoms with Crippen molar-refractivity contribution in [1.29, 1.82) is 0 Å². The molecule has 190 valence electrons. The molecule has 2 N–H and O–H groups in total. The Morgan fingerprint density at radius 3 is 2.30 bits per heavy atom. The molecular formula is C23H41N3O6S. The number of sulfonamides is 1. The zero-order valence-electron chi connectivity index (χ0n) is 20.0. The van der Waals surface area contributed by atoms with Crippen molar-refractivity contribution in [1.82, 2.24) is 14.7 Å². The van der Waals surface area contributed by atoms with Crippen molar-refractivity contribution in [2.24, 2.45) is 11.8 Å². The lowest BCUT2D eigenvalue weighted by molar-refractivity contribution is -0.134. The molecule has 0 atom stereocenters. The molecule has 0 bridgehead atoms. The van der Waals surface area contributed by atoms with Crippen LogP contribution in [0.3, 0.4) is 0 Å². The summed E-state index contributed by atoms with van der Waals surface area (Å²) >= 11 is 0. The predicted octanol–water partition coefficient (Wildman–Crippen LogP) is 2.29. The van der Waals surface area contributed by atoms with Gasteiger partial charge < -0.3 is 9.64 Å². The maximum absolute atomic E-state index is 13.4. The molecule has 3 aliphatic rings. The van der Waals surface area contributed by atoms with Crippen LogP contribution in [0, 0.1) is 11.8 Å².